The van der Waals surface area contributed by atoms with Gasteiger partial charge in [0.2, 0.25) is 6.79 Å². The van der Waals surface area contributed by atoms with Crippen molar-refractivity contribution in [1.29, 1.82) is 0 Å². The Bertz CT molecular complexity index is 879. The summed E-state index contributed by atoms with van der Waals surface area (Å²) in [7, 11) is 0. The highest BCUT2D eigenvalue weighted by Gasteiger charge is 2.26. The number of carbonyl (C=O) groups is 2. The summed E-state index contributed by atoms with van der Waals surface area (Å²) < 4.78 is 15.8. The van der Waals surface area contributed by atoms with Crippen LogP contribution in [0.15, 0.2) is 42.5 Å². The van der Waals surface area contributed by atoms with E-state index in [-0.39, 0.29) is 18.7 Å². The first-order valence-electron chi connectivity index (χ1n) is 9.10. The van der Waals surface area contributed by atoms with E-state index < -0.39 is 12.1 Å². The quantitative estimate of drug-likeness (QED) is 0.841. The van der Waals surface area contributed by atoms with Gasteiger partial charge in [0, 0.05) is 0 Å². The van der Waals surface area contributed by atoms with Crippen LogP contribution in [0.25, 0.3) is 0 Å². The zero-order valence-corrected chi connectivity index (χ0v) is 15.1. The lowest BCUT2D eigenvalue weighted by Crippen LogP contribution is -2.39. The third-order valence-corrected chi connectivity index (χ3v) is 4.95. The largest absolute Gasteiger partial charge is 0.454 e. The average Bonchev–Trinajstić information content (AvgIpc) is 3.16. The number of benzene rings is 2. The summed E-state index contributed by atoms with van der Waals surface area (Å²) >= 11 is 0. The van der Waals surface area contributed by atoms with Crippen LogP contribution in [0.3, 0.4) is 0 Å². The van der Waals surface area contributed by atoms with Crippen LogP contribution in [-0.2, 0) is 16.0 Å². The van der Waals surface area contributed by atoms with Crippen LogP contribution in [-0.4, -0.2) is 24.8 Å². The highest BCUT2D eigenvalue weighted by atomic mass is 16.7. The summed E-state index contributed by atoms with van der Waals surface area (Å²) in [4.78, 5) is 24.9. The number of hydrogen-bond acceptors (Lipinski definition) is 5. The fraction of sp³-hybridized carbons (Fsp3) is 0.333. The average molecular weight is 367 g/mol. The predicted molar refractivity (Wildman–Crippen MR) is 97.7 cm³/mol. The van der Waals surface area contributed by atoms with Crippen molar-refractivity contribution in [2.24, 2.45) is 0 Å². The Balaban J connectivity index is 1.39. The maximum atomic E-state index is 12.5. The highest BCUT2D eigenvalue weighted by Crippen LogP contribution is 2.33. The predicted octanol–water partition coefficient (Wildman–Crippen LogP) is 3.15. The summed E-state index contributed by atoms with van der Waals surface area (Å²) in [5, 5.41) is 3.01. The van der Waals surface area contributed by atoms with E-state index in [1.807, 2.05) is 18.2 Å². The zero-order valence-electron chi connectivity index (χ0n) is 15.1. The van der Waals surface area contributed by atoms with Crippen LogP contribution < -0.4 is 14.8 Å². The third kappa shape index (κ3) is 3.60. The van der Waals surface area contributed by atoms with Gasteiger partial charge in [-0.25, -0.2) is 4.79 Å². The number of carbonyl (C=O) groups excluding carboxylic acids is 2. The van der Waals surface area contributed by atoms with Crippen molar-refractivity contribution in [2.75, 3.05) is 6.79 Å². The molecule has 1 amide bonds. The van der Waals surface area contributed by atoms with E-state index in [1.54, 1.807) is 25.1 Å². The number of ether oxygens (including phenoxy) is 3. The molecular formula is C21H21NO5. The fourth-order valence-electron chi connectivity index (χ4n) is 3.50. The molecule has 0 radical (unpaired) electrons. The Morgan fingerprint density at radius 2 is 1.96 bits per heavy atom. The summed E-state index contributed by atoms with van der Waals surface area (Å²) in [5.41, 5.74) is 2.73. The van der Waals surface area contributed by atoms with Crippen molar-refractivity contribution >= 4 is 11.9 Å². The molecule has 2 unspecified atom stereocenters. The molecule has 6 heteroatoms. The van der Waals surface area contributed by atoms with Gasteiger partial charge in [-0.2, -0.15) is 0 Å². The van der Waals surface area contributed by atoms with Crippen molar-refractivity contribution in [3.05, 3.63) is 59.2 Å². The number of esters is 1. The summed E-state index contributed by atoms with van der Waals surface area (Å²) in [5.74, 6) is 0.222. The molecule has 1 heterocycles. The van der Waals surface area contributed by atoms with Gasteiger partial charge < -0.3 is 19.5 Å². The molecule has 0 fully saturated rings. The lowest BCUT2D eigenvalue weighted by molar-refractivity contribution is -0.130. The Morgan fingerprint density at radius 1 is 1.15 bits per heavy atom. The van der Waals surface area contributed by atoms with Gasteiger partial charge >= 0.3 is 5.97 Å². The molecule has 0 saturated heterocycles. The van der Waals surface area contributed by atoms with E-state index in [1.165, 1.54) is 5.56 Å². The van der Waals surface area contributed by atoms with Crippen molar-refractivity contribution in [3.63, 3.8) is 0 Å². The van der Waals surface area contributed by atoms with Crippen LogP contribution in [0.5, 0.6) is 11.5 Å². The standard InChI is InChI=1S/C21H21NO5/c1-13(27-21(24)15-9-10-18-19(11-15)26-12-25-18)20(23)22-17-8-4-6-14-5-2-3-7-16(14)17/h2-3,5,7,9-11,13,17H,4,6,8,12H2,1H3,(H,22,23). The Kier molecular flexibility index (Phi) is 4.71. The highest BCUT2D eigenvalue weighted by molar-refractivity contribution is 5.93. The summed E-state index contributed by atoms with van der Waals surface area (Å²) in [6.07, 6.45) is 2.04. The second-order valence-corrected chi connectivity index (χ2v) is 6.77. The van der Waals surface area contributed by atoms with Crippen LogP contribution in [0.1, 0.15) is 47.3 Å². The first-order valence-corrected chi connectivity index (χ1v) is 9.10. The van der Waals surface area contributed by atoms with Crippen molar-refractivity contribution in [1.82, 2.24) is 5.32 Å². The third-order valence-electron chi connectivity index (χ3n) is 4.95. The number of hydrogen-bond donors (Lipinski definition) is 1. The van der Waals surface area contributed by atoms with Gasteiger partial charge in [0.25, 0.3) is 5.91 Å². The smallest absolute Gasteiger partial charge is 0.339 e. The number of fused-ring (bicyclic) bond motifs is 2. The van der Waals surface area contributed by atoms with Gasteiger partial charge in [0.05, 0.1) is 11.6 Å². The molecule has 2 aromatic rings. The molecule has 1 aliphatic heterocycles. The maximum Gasteiger partial charge on any atom is 0.339 e. The van der Waals surface area contributed by atoms with Crippen LogP contribution in [0.4, 0.5) is 0 Å². The second-order valence-electron chi connectivity index (χ2n) is 6.77. The lowest BCUT2D eigenvalue weighted by atomic mass is 9.87. The Labute approximate surface area is 157 Å². The second kappa shape index (κ2) is 7.31. The van der Waals surface area contributed by atoms with Crippen LogP contribution in [0.2, 0.25) is 0 Å². The number of aryl methyl sites for hydroxylation is 1. The van der Waals surface area contributed by atoms with Gasteiger partial charge in [-0.05, 0) is 55.5 Å². The SMILES string of the molecule is CC(OC(=O)c1ccc2c(c1)OCO2)C(=O)NC1CCCc2ccccc21. The normalized spacial score (nSPS) is 18.3. The lowest BCUT2D eigenvalue weighted by Gasteiger charge is -2.27. The van der Waals surface area contributed by atoms with Crippen molar-refractivity contribution in [2.45, 2.75) is 38.3 Å². The Hall–Kier alpha value is -3.02. The molecule has 4 rings (SSSR count). The van der Waals surface area contributed by atoms with Gasteiger partial charge in [-0.3, -0.25) is 4.79 Å². The number of rotatable bonds is 4. The monoisotopic (exact) mass is 367 g/mol. The summed E-state index contributed by atoms with van der Waals surface area (Å²) in [6, 6.07) is 12.9. The zero-order chi connectivity index (χ0) is 18.8. The van der Waals surface area contributed by atoms with E-state index in [2.05, 4.69) is 11.4 Å². The Morgan fingerprint density at radius 3 is 2.85 bits per heavy atom. The molecule has 2 atom stereocenters. The van der Waals surface area contributed by atoms with Crippen LogP contribution in [0, 0.1) is 0 Å². The minimum atomic E-state index is -0.892. The van der Waals surface area contributed by atoms with Crippen LogP contribution >= 0.6 is 0 Å². The molecule has 1 aliphatic carbocycles. The summed E-state index contributed by atoms with van der Waals surface area (Å²) in [6.45, 7) is 1.71. The molecule has 27 heavy (non-hydrogen) atoms. The molecule has 0 bridgehead atoms. The molecular weight excluding hydrogens is 346 g/mol. The van der Waals surface area contributed by atoms with E-state index >= 15 is 0 Å². The van der Waals surface area contributed by atoms with Gasteiger partial charge in [-0.15, -0.1) is 0 Å². The van der Waals surface area contributed by atoms with E-state index in [9.17, 15) is 9.59 Å². The van der Waals surface area contributed by atoms with E-state index in [0.29, 0.717) is 17.1 Å². The van der Waals surface area contributed by atoms with Gasteiger partial charge in [0.15, 0.2) is 17.6 Å². The van der Waals surface area contributed by atoms with Crippen molar-refractivity contribution < 1.29 is 23.8 Å². The van der Waals surface area contributed by atoms with E-state index in [4.69, 9.17) is 14.2 Å². The molecule has 2 aromatic carbocycles. The first-order chi connectivity index (χ1) is 13.1. The molecule has 2 aliphatic rings. The molecule has 0 spiro atoms. The molecule has 1 N–H and O–H groups in total. The maximum absolute atomic E-state index is 12.5. The first kappa shape index (κ1) is 17.4. The minimum absolute atomic E-state index is 0.0471. The van der Waals surface area contributed by atoms with Crippen molar-refractivity contribution in [3.8, 4) is 11.5 Å². The molecule has 6 nitrogen and oxygen atoms in total. The molecule has 0 saturated carbocycles. The minimum Gasteiger partial charge on any atom is -0.454 e. The molecule has 0 aromatic heterocycles. The topological polar surface area (TPSA) is 73.9 Å². The fourth-order valence-corrected chi connectivity index (χ4v) is 3.50. The number of nitrogens with one attached hydrogen (secondary N) is 1. The molecule has 140 valence electrons. The van der Waals surface area contributed by atoms with Gasteiger partial charge in [-0.1, -0.05) is 24.3 Å². The number of amides is 1. The van der Waals surface area contributed by atoms with E-state index in [0.717, 1.165) is 24.8 Å². The van der Waals surface area contributed by atoms with Gasteiger partial charge in [0.1, 0.15) is 0 Å².